The number of nitrogens with zero attached hydrogens (tertiary/aromatic N) is 2. The summed E-state index contributed by atoms with van der Waals surface area (Å²) in [5.41, 5.74) is 4.14. The molecule has 0 spiro atoms. The smallest absolute Gasteiger partial charge is 0.293 e. The minimum absolute atomic E-state index is 0.0165. The van der Waals surface area contributed by atoms with Gasteiger partial charge in [0.05, 0.1) is 11.4 Å². The zero-order valence-corrected chi connectivity index (χ0v) is 20.0. The Hall–Kier alpha value is -3.23. The van der Waals surface area contributed by atoms with Crippen molar-refractivity contribution < 1.29 is 23.5 Å². The highest BCUT2D eigenvalue weighted by Gasteiger charge is 2.35. The molecule has 5 rings (SSSR count). The molecule has 0 unspecified atom stereocenters. The number of carbonyl (C=O) groups excluding carboxylic acids is 2. The number of halogens is 2. The van der Waals surface area contributed by atoms with Crippen LogP contribution in [0, 0.1) is 19.7 Å². The van der Waals surface area contributed by atoms with Crippen molar-refractivity contribution in [3.05, 3.63) is 80.7 Å². The van der Waals surface area contributed by atoms with Crippen LogP contribution in [0.4, 0.5) is 9.18 Å². The summed E-state index contributed by atoms with van der Waals surface area (Å²) in [5, 5.41) is -0.219. The molecule has 0 saturated carbocycles. The largest absolute Gasteiger partial charge is 0.486 e. The third-order valence-corrected chi connectivity index (χ3v) is 7.02. The van der Waals surface area contributed by atoms with Crippen molar-refractivity contribution in [1.29, 1.82) is 0 Å². The van der Waals surface area contributed by atoms with Crippen molar-refractivity contribution in [1.82, 2.24) is 9.47 Å². The summed E-state index contributed by atoms with van der Waals surface area (Å²) in [6.07, 6.45) is 1.73. The highest BCUT2D eigenvalue weighted by Crippen LogP contribution is 2.37. The molecule has 0 N–H and O–H groups in total. The van der Waals surface area contributed by atoms with Gasteiger partial charge in [0.25, 0.3) is 11.1 Å². The lowest BCUT2D eigenvalue weighted by Gasteiger charge is -2.20. The minimum Gasteiger partial charge on any atom is -0.486 e. The molecule has 0 aliphatic carbocycles. The Balaban J connectivity index is 1.43. The number of hydrogen-bond acceptors (Lipinski definition) is 5. The fraction of sp³-hybridized carbons (Fsp3) is 0.200. The molecule has 2 aromatic carbocycles. The third-order valence-electron chi connectivity index (χ3n) is 5.76. The van der Waals surface area contributed by atoms with E-state index >= 15 is 0 Å². The standard InChI is InChI=1S/C25H20ClFN2O4S/c1-14-9-17(15(2)29(14)19-5-6-21-22(12-19)33-8-7-32-21)10-23-24(30)28(25(31)34-23)13-16-3-4-18(27)11-20(16)26/h3-6,9-12H,7-8,13H2,1-2H3/b23-10-. The monoisotopic (exact) mass is 498 g/mol. The molecule has 3 heterocycles. The summed E-state index contributed by atoms with van der Waals surface area (Å²) in [4.78, 5) is 27.0. The average molecular weight is 499 g/mol. The number of aryl methyl sites for hydroxylation is 1. The maximum absolute atomic E-state index is 13.3. The zero-order chi connectivity index (χ0) is 24.0. The van der Waals surface area contributed by atoms with E-state index in [1.807, 2.05) is 38.1 Å². The van der Waals surface area contributed by atoms with Crippen molar-refractivity contribution in [2.75, 3.05) is 13.2 Å². The lowest BCUT2D eigenvalue weighted by Crippen LogP contribution is -2.27. The van der Waals surface area contributed by atoms with Gasteiger partial charge in [0.1, 0.15) is 19.0 Å². The van der Waals surface area contributed by atoms with Crippen LogP contribution in [-0.4, -0.2) is 33.8 Å². The molecule has 34 heavy (non-hydrogen) atoms. The molecule has 174 valence electrons. The molecule has 6 nitrogen and oxygen atoms in total. The second-order valence-corrected chi connectivity index (χ2v) is 9.39. The van der Waals surface area contributed by atoms with Crippen LogP contribution in [0.1, 0.15) is 22.5 Å². The fourth-order valence-corrected chi connectivity index (χ4v) is 5.16. The number of amides is 2. The van der Waals surface area contributed by atoms with Crippen LogP contribution in [0.2, 0.25) is 5.02 Å². The van der Waals surface area contributed by atoms with E-state index in [-0.39, 0.29) is 11.6 Å². The van der Waals surface area contributed by atoms with Gasteiger partial charge in [0.2, 0.25) is 0 Å². The number of ether oxygens (including phenoxy) is 2. The number of thioether (sulfide) groups is 1. The van der Waals surface area contributed by atoms with Gasteiger partial charge in [-0.3, -0.25) is 14.5 Å². The number of aromatic nitrogens is 1. The van der Waals surface area contributed by atoms with E-state index in [1.165, 1.54) is 18.2 Å². The summed E-state index contributed by atoms with van der Waals surface area (Å²) in [6, 6.07) is 11.6. The zero-order valence-electron chi connectivity index (χ0n) is 18.4. The predicted molar refractivity (Wildman–Crippen MR) is 129 cm³/mol. The molecule has 1 saturated heterocycles. The van der Waals surface area contributed by atoms with E-state index in [0.717, 1.165) is 39.3 Å². The average Bonchev–Trinajstić information content (AvgIpc) is 3.24. The van der Waals surface area contributed by atoms with E-state index in [2.05, 4.69) is 4.57 Å². The highest BCUT2D eigenvalue weighted by molar-refractivity contribution is 8.18. The van der Waals surface area contributed by atoms with Gasteiger partial charge >= 0.3 is 0 Å². The molecule has 0 radical (unpaired) electrons. The van der Waals surface area contributed by atoms with Crippen LogP contribution < -0.4 is 9.47 Å². The van der Waals surface area contributed by atoms with Gasteiger partial charge in [-0.2, -0.15) is 0 Å². The van der Waals surface area contributed by atoms with Crippen LogP contribution >= 0.6 is 23.4 Å². The lowest BCUT2D eigenvalue weighted by molar-refractivity contribution is -0.123. The molecule has 0 bridgehead atoms. The maximum Gasteiger partial charge on any atom is 0.293 e. The van der Waals surface area contributed by atoms with E-state index in [1.54, 1.807) is 6.08 Å². The molecule has 2 aliphatic heterocycles. The number of hydrogen-bond donors (Lipinski definition) is 0. The minimum atomic E-state index is -0.476. The first-order valence-electron chi connectivity index (χ1n) is 10.6. The van der Waals surface area contributed by atoms with Crippen molar-refractivity contribution in [2.24, 2.45) is 0 Å². The van der Waals surface area contributed by atoms with Crippen LogP contribution in [0.15, 0.2) is 47.4 Å². The molecule has 1 fully saturated rings. The summed E-state index contributed by atoms with van der Waals surface area (Å²) >= 11 is 6.96. The highest BCUT2D eigenvalue weighted by atomic mass is 35.5. The van der Waals surface area contributed by atoms with Crippen molar-refractivity contribution in [3.63, 3.8) is 0 Å². The van der Waals surface area contributed by atoms with E-state index in [4.69, 9.17) is 21.1 Å². The summed E-state index contributed by atoms with van der Waals surface area (Å²) in [7, 11) is 0. The quantitative estimate of drug-likeness (QED) is 0.419. The molecule has 3 aromatic rings. The summed E-state index contributed by atoms with van der Waals surface area (Å²) in [5.74, 6) is 0.529. The van der Waals surface area contributed by atoms with Gasteiger partial charge in [-0.25, -0.2) is 4.39 Å². The van der Waals surface area contributed by atoms with Crippen LogP contribution in [0.25, 0.3) is 11.8 Å². The second kappa shape index (κ2) is 8.85. The molecule has 2 aliphatic rings. The van der Waals surface area contributed by atoms with Gasteiger partial charge in [0, 0.05) is 28.2 Å². The number of fused-ring (bicyclic) bond motifs is 1. The first-order valence-corrected chi connectivity index (χ1v) is 11.8. The topological polar surface area (TPSA) is 60.8 Å². The Bertz CT molecular complexity index is 1370. The first-order chi connectivity index (χ1) is 16.3. The predicted octanol–water partition coefficient (Wildman–Crippen LogP) is 5.89. The van der Waals surface area contributed by atoms with Crippen molar-refractivity contribution in [3.8, 4) is 17.2 Å². The molecule has 2 amide bonds. The molecule has 9 heteroatoms. The van der Waals surface area contributed by atoms with E-state index in [0.29, 0.717) is 35.2 Å². The fourth-order valence-electron chi connectivity index (χ4n) is 4.10. The normalized spacial score (nSPS) is 16.6. The number of rotatable bonds is 4. The summed E-state index contributed by atoms with van der Waals surface area (Å²) < 4.78 is 26.7. The Morgan fingerprint density at radius 2 is 1.82 bits per heavy atom. The van der Waals surface area contributed by atoms with Gasteiger partial charge in [0.15, 0.2) is 11.5 Å². The van der Waals surface area contributed by atoms with E-state index < -0.39 is 17.0 Å². The molecular weight excluding hydrogens is 479 g/mol. The van der Waals surface area contributed by atoms with E-state index in [9.17, 15) is 14.0 Å². The Morgan fingerprint density at radius 3 is 2.59 bits per heavy atom. The SMILES string of the molecule is Cc1cc(/C=C2\SC(=O)N(Cc3ccc(F)cc3Cl)C2=O)c(C)n1-c1ccc2c(c1)OCCO2. The van der Waals surface area contributed by atoms with Crippen molar-refractivity contribution in [2.45, 2.75) is 20.4 Å². The van der Waals surface area contributed by atoms with Gasteiger partial charge in [-0.15, -0.1) is 0 Å². The summed E-state index contributed by atoms with van der Waals surface area (Å²) in [6.45, 7) is 4.95. The molecular formula is C25H20ClFN2O4S. The third kappa shape index (κ3) is 4.08. The van der Waals surface area contributed by atoms with Crippen LogP contribution in [0.5, 0.6) is 11.5 Å². The second-order valence-electron chi connectivity index (χ2n) is 7.99. The number of imide groups is 1. The van der Waals surface area contributed by atoms with Crippen LogP contribution in [0.3, 0.4) is 0 Å². The molecule has 1 aromatic heterocycles. The Labute approximate surface area is 204 Å². The number of benzene rings is 2. The van der Waals surface area contributed by atoms with Crippen molar-refractivity contribution >= 4 is 40.6 Å². The Kier molecular flexibility index (Phi) is 5.87. The van der Waals surface area contributed by atoms with Crippen LogP contribution in [-0.2, 0) is 11.3 Å². The maximum atomic E-state index is 13.3. The Morgan fingerprint density at radius 1 is 1.06 bits per heavy atom. The lowest BCUT2D eigenvalue weighted by atomic mass is 10.2. The van der Waals surface area contributed by atoms with Gasteiger partial charge < -0.3 is 14.0 Å². The first kappa shape index (κ1) is 22.6. The van der Waals surface area contributed by atoms with Gasteiger partial charge in [-0.1, -0.05) is 17.7 Å². The number of carbonyl (C=O) groups is 2. The van der Waals surface area contributed by atoms with Gasteiger partial charge in [-0.05, 0) is 73.1 Å². The molecule has 0 atom stereocenters.